The Hall–Kier alpha value is -3.47. The van der Waals surface area contributed by atoms with E-state index in [1.54, 1.807) is 6.07 Å². The van der Waals surface area contributed by atoms with Crippen LogP contribution in [0.2, 0.25) is 0 Å². The molecule has 0 radical (unpaired) electrons. The van der Waals surface area contributed by atoms with Crippen LogP contribution >= 0.6 is 0 Å². The molecule has 0 aliphatic heterocycles. The molecule has 1 amide bonds. The second-order valence-corrected chi connectivity index (χ2v) is 7.31. The Bertz CT molecular complexity index is 1130. The molecule has 1 atom stereocenters. The van der Waals surface area contributed by atoms with Gasteiger partial charge in [-0.15, -0.1) is 0 Å². The molecule has 0 saturated heterocycles. The van der Waals surface area contributed by atoms with E-state index < -0.39 is 11.5 Å². The summed E-state index contributed by atoms with van der Waals surface area (Å²) in [6, 6.07) is 18.7. The third-order valence-electron chi connectivity index (χ3n) is 5.47. The second-order valence-electron chi connectivity index (χ2n) is 7.31. The first kappa shape index (κ1) is 18.9. The van der Waals surface area contributed by atoms with Gasteiger partial charge in [-0.25, -0.2) is 0 Å². The number of ketones is 1. The normalized spacial score (nSPS) is 15.6. The lowest BCUT2D eigenvalue weighted by molar-refractivity contribution is 0.0963. The van der Waals surface area contributed by atoms with E-state index in [1.165, 1.54) is 6.07 Å². The smallest absolute Gasteiger partial charge is 0.261 e. The number of aryl methyl sites for hydroxylation is 1. The molecule has 146 valence electrons. The molecule has 1 aliphatic rings. The Morgan fingerprint density at radius 3 is 2.52 bits per heavy atom. The average Bonchev–Trinajstić information content (AvgIpc) is 2.74. The summed E-state index contributed by atoms with van der Waals surface area (Å²) in [5.41, 5.74) is 3.25. The summed E-state index contributed by atoms with van der Waals surface area (Å²) in [5, 5.41) is 2.80. The van der Waals surface area contributed by atoms with E-state index in [-0.39, 0.29) is 17.3 Å². The quantitative estimate of drug-likeness (QED) is 0.708. The molecule has 0 fully saturated rings. The molecule has 1 aliphatic carbocycles. The average molecular weight is 386 g/mol. The van der Waals surface area contributed by atoms with Gasteiger partial charge < -0.3 is 10.3 Å². The second kappa shape index (κ2) is 7.87. The van der Waals surface area contributed by atoms with E-state index in [0.29, 0.717) is 29.8 Å². The maximum atomic E-state index is 12.8. The molecule has 1 aromatic heterocycles. The first-order chi connectivity index (χ1) is 14.1. The number of carbonyl (C=O) groups excluding carboxylic acids is 2. The predicted molar refractivity (Wildman–Crippen MR) is 113 cm³/mol. The van der Waals surface area contributed by atoms with Crippen molar-refractivity contribution in [1.82, 2.24) is 4.98 Å². The fourth-order valence-electron chi connectivity index (χ4n) is 3.90. The van der Waals surface area contributed by atoms with Crippen molar-refractivity contribution in [2.75, 3.05) is 5.32 Å². The molecule has 5 nitrogen and oxygen atoms in total. The summed E-state index contributed by atoms with van der Waals surface area (Å²) < 4.78 is 0. The maximum Gasteiger partial charge on any atom is 0.261 e. The molecule has 0 spiro atoms. The van der Waals surface area contributed by atoms with Crippen LogP contribution in [0.4, 0.5) is 5.69 Å². The number of Topliss-reactive ketones (excluding diaryl/α,β-unsaturated/α-hetero) is 1. The number of aromatic amines is 1. The number of H-pyrrole nitrogens is 1. The lowest BCUT2D eigenvalue weighted by atomic mass is 9.81. The van der Waals surface area contributed by atoms with E-state index in [2.05, 4.69) is 10.3 Å². The van der Waals surface area contributed by atoms with Crippen molar-refractivity contribution in [3.63, 3.8) is 0 Å². The minimum atomic E-state index is -0.507. The zero-order valence-electron chi connectivity index (χ0n) is 16.2. The van der Waals surface area contributed by atoms with Gasteiger partial charge in [0.05, 0.1) is 0 Å². The lowest BCUT2D eigenvalue weighted by Gasteiger charge is -2.24. The molecular formula is C24H22N2O3. The molecule has 2 aromatic carbocycles. The highest BCUT2D eigenvalue weighted by Crippen LogP contribution is 2.31. The summed E-state index contributed by atoms with van der Waals surface area (Å²) >= 11 is 0. The molecule has 1 heterocycles. The van der Waals surface area contributed by atoms with Crippen LogP contribution < -0.4 is 10.9 Å². The Balaban J connectivity index is 1.63. The number of benzene rings is 2. The summed E-state index contributed by atoms with van der Waals surface area (Å²) in [7, 11) is 0. The monoisotopic (exact) mass is 386 g/mol. The topological polar surface area (TPSA) is 79.0 Å². The number of nitrogens with one attached hydrogen (secondary N) is 2. The van der Waals surface area contributed by atoms with E-state index in [4.69, 9.17) is 0 Å². The number of pyridine rings is 1. The van der Waals surface area contributed by atoms with Gasteiger partial charge in [0.25, 0.3) is 11.5 Å². The summed E-state index contributed by atoms with van der Waals surface area (Å²) in [4.78, 5) is 40.9. The number of amides is 1. The number of rotatable bonds is 4. The molecule has 29 heavy (non-hydrogen) atoms. The van der Waals surface area contributed by atoms with Crippen LogP contribution in [0.5, 0.6) is 0 Å². The minimum absolute atomic E-state index is 0.0305. The number of hydrogen-bond donors (Lipinski definition) is 2. The zero-order chi connectivity index (χ0) is 20.4. The van der Waals surface area contributed by atoms with Crippen molar-refractivity contribution >= 4 is 17.4 Å². The Labute approximate surface area is 168 Å². The van der Waals surface area contributed by atoms with Gasteiger partial charge in [-0.05, 0) is 42.0 Å². The first-order valence-electron chi connectivity index (χ1n) is 9.80. The van der Waals surface area contributed by atoms with Crippen LogP contribution in [0, 0.1) is 0 Å². The Morgan fingerprint density at radius 2 is 1.76 bits per heavy atom. The zero-order valence-corrected chi connectivity index (χ0v) is 16.2. The van der Waals surface area contributed by atoms with E-state index in [1.807, 2.05) is 55.5 Å². The first-order valence-corrected chi connectivity index (χ1v) is 9.80. The minimum Gasteiger partial charge on any atom is -0.325 e. The molecule has 3 aromatic rings. The van der Waals surface area contributed by atoms with Crippen molar-refractivity contribution < 1.29 is 9.59 Å². The van der Waals surface area contributed by atoms with Gasteiger partial charge in [-0.1, -0.05) is 55.5 Å². The van der Waals surface area contributed by atoms with Crippen molar-refractivity contribution in [3.05, 3.63) is 99.0 Å². The van der Waals surface area contributed by atoms with Gasteiger partial charge in [-0.3, -0.25) is 14.4 Å². The van der Waals surface area contributed by atoms with Crippen molar-refractivity contribution in [2.45, 2.75) is 32.1 Å². The number of hydrogen-bond acceptors (Lipinski definition) is 3. The van der Waals surface area contributed by atoms with E-state index in [0.717, 1.165) is 17.5 Å². The van der Waals surface area contributed by atoms with E-state index in [9.17, 15) is 14.4 Å². The highest BCUT2D eigenvalue weighted by Gasteiger charge is 2.28. The fraction of sp³-hybridized carbons (Fsp3) is 0.208. The Kier molecular flexibility index (Phi) is 5.12. The number of carbonyl (C=O) groups is 2. The molecule has 2 N–H and O–H groups in total. The van der Waals surface area contributed by atoms with Crippen LogP contribution in [-0.2, 0) is 12.8 Å². The van der Waals surface area contributed by atoms with Crippen LogP contribution in [0.15, 0.2) is 65.5 Å². The van der Waals surface area contributed by atoms with Gasteiger partial charge in [-0.2, -0.15) is 0 Å². The third kappa shape index (κ3) is 3.76. The van der Waals surface area contributed by atoms with Crippen LogP contribution in [0.25, 0.3) is 0 Å². The number of para-hydroxylation sites is 1. The Morgan fingerprint density at radius 1 is 1.03 bits per heavy atom. The number of aromatic nitrogens is 1. The molecule has 0 bridgehead atoms. The summed E-state index contributed by atoms with van der Waals surface area (Å²) in [6.45, 7) is 2.00. The predicted octanol–water partition coefficient (Wildman–Crippen LogP) is 4.10. The summed E-state index contributed by atoms with van der Waals surface area (Å²) in [6.07, 6.45) is 1.69. The molecule has 5 heteroatoms. The molecular weight excluding hydrogens is 364 g/mol. The number of anilines is 1. The number of fused-ring (bicyclic) bond motifs is 1. The molecule has 4 rings (SSSR count). The van der Waals surface area contributed by atoms with Crippen molar-refractivity contribution in [1.29, 1.82) is 0 Å². The van der Waals surface area contributed by atoms with Crippen LogP contribution in [0.1, 0.15) is 56.8 Å². The van der Waals surface area contributed by atoms with E-state index >= 15 is 0 Å². The van der Waals surface area contributed by atoms with Crippen LogP contribution in [0.3, 0.4) is 0 Å². The highest BCUT2D eigenvalue weighted by atomic mass is 16.2. The van der Waals surface area contributed by atoms with Crippen molar-refractivity contribution in [2.24, 2.45) is 0 Å². The maximum absolute atomic E-state index is 12.8. The van der Waals surface area contributed by atoms with Gasteiger partial charge in [0, 0.05) is 23.4 Å². The van der Waals surface area contributed by atoms with Gasteiger partial charge in [0.2, 0.25) is 0 Å². The van der Waals surface area contributed by atoms with Crippen LogP contribution in [-0.4, -0.2) is 16.7 Å². The molecule has 0 unspecified atom stereocenters. The standard InChI is InChI=1S/C24H22N2O3/c1-2-15-8-6-7-11-20(15)25-23(28)19-14-18-21(26-24(19)29)12-17(13-22(18)27)16-9-4-3-5-10-16/h3-11,14,17H,2,12-13H2,1H3,(H,25,28)(H,26,29)/t17-/m0/s1. The van der Waals surface area contributed by atoms with Gasteiger partial charge >= 0.3 is 0 Å². The third-order valence-corrected chi connectivity index (χ3v) is 5.47. The van der Waals surface area contributed by atoms with Gasteiger partial charge in [0.15, 0.2) is 5.78 Å². The highest BCUT2D eigenvalue weighted by molar-refractivity contribution is 6.07. The van der Waals surface area contributed by atoms with Gasteiger partial charge in [0.1, 0.15) is 5.56 Å². The molecule has 0 saturated carbocycles. The fourth-order valence-corrected chi connectivity index (χ4v) is 3.90. The SMILES string of the molecule is CCc1ccccc1NC(=O)c1cc2c([nH]c1=O)C[C@H](c1ccccc1)CC2=O. The largest absolute Gasteiger partial charge is 0.325 e. The lowest BCUT2D eigenvalue weighted by Crippen LogP contribution is -2.29. The summed E-state index contributed by atoms with van der Waals surface area (Å²) in [5.74, 6) is -0.532. The van der Waals surface area contributed by atoms with Crippen molar-refractivity contribution in [3.8, 4) is 0 Å².